The van der Waals surface area contributed by atoms with Crippen molar-refractivity contribution in [3.8, 4) is 0 Å². The molecule has 0 radical (unpaired) electrons. The molecule has 1 aromatic rings. The molecule has 4 nitrogen and oxygen atoms in total. The minimum atomic E-state index is -0.882. The summed E-state index contributed by atoms with van der Waals surface area (Å²) in [5, 5.41) is 8.85. The van der Waals surface area contributed by atoms with Crippen molar-refractivity contribution in [1.82, 2.24) is 4.37 Å². The van der Waals surface area contributed by atoms with Gasteiger partial charge >= 0.3 is 5.97 Å². The highest BCUT2D eigenvalue weighted by molar-refractivity contribution is 7.08. The van der Waals surface area contributed by atoms with Gasteiger partial charge in [0, 0.05) is 12.0 Å². The lowest BCUT2D eigenvalue weighted by atomic mass is 10.0. The Morgan fingerprint density at radius 3 is 3.23 bits per heavy atom. The van der Waals surface area contributed by atoms with Crippen LogP contribution in [0.4, 0.5) is 0 Å². The number of fused-ring (bicyclic) bond motifs is 1. The Hall–Kier alpha value is -0.940. The van der Waals surface area contributed by atoms with Crippen molar-refractivity contribution in [3.63, 3.8) is 0 Å². The minimum Gasteiger partial charge on any atom is -0.477 e. The molecule has 0 fully saturated rings. The molecule has 1 atom stereocenters. The molecule has 1 N–H and O–H groups in total. The van der Waals surface area contributed by atoms with E-state index in [4.69, 9.17) is 9.84 Å². The van der Waals surface area contributed by atoms with Gasteiger partial charge in [-0.15, -0.1) is 0 Å². The highest BCUT2D eigenvalue weighted by Crippen LogP contribution is 2.26. The molecule has 5 heteroatoms. The van der Waals surface area contributed by atoms with E-state index in [1.165, 1.54) is 0 Å². The van der Waals surface area contributed by atoms with Crippen molar-refractivity contribution >= 4 is 17.5 Å². The average molecular weight is 199 g/mol. The van der Waals surface area contributed by atoms with Gasteiger partial charge in [-0.3, -0.25) is 0 Å². The molecule has 0 bridgehead atoms. The van der Waals surface area contributed by atoms with Gasteiger partial charge in [-0.1, -0.05) is 0 Å². The van der Waals surface area contributed by atoms with Gasteiger partial charge in [0.2, 0.25) is 0 Å². The molecule has 1 aromatic heterocycles. The van der Waals surface area contributed by atoms with Gasteiger partial charge in [-0.05, 0) is 18.5 Å². The quantitative estimate of drug-likeness (QED) is 0.740. The molecule has 0 aliphatic carbocycles. The molecule has 0 amide bonds. The first-order valence-electron chi connectivity index (χ1n) is 4.01. The second-order valence-electron chi connectivity index (χ2n) is 3.07. The largest absolute Gasteiger partial charge is 0.477 e. The van der Waals surface area contributed by atoms with Crippen molar-refractivity contribution in [3.05, 3.63) is 16.1 Å². The molecule has 1 aliphatic rings. The fourth-order valence-corrected chi connectivity index (χ4v) is 2.16. The maximum atomic E-state index is 10.8. The number of ether oxygens (including phenoxy) is 1. The van der Waals surface area contributed by atoms with Gasteiger partial charge in [0.05, 0.1) is 18.4 Å². The van der Waals surface area contributed by atoms with E-state index in [9.17, 15) is 4.79 Å². The molecule has 2 heterocycles. The summed E-state index contributed by atoms with van der Waals surface area (Å²) in [7, 11) is 0. The SMILES string of the molecule is CC1Cc2c(nsc2C(=O)O)CO1. The first-order chi connectivity index (χ1) is 6.18. The predicted octanol–water partition coefficient (Wildman–Crippen LogP) is 1.30. The van der Waals surface area contributed by atoms with E-state index >= 15 is 0 Å². The molecular weight excluding hydrogens is 190 g/mol. The third kappa shape index (κ3) is 1.45. The maximum Gasteiger partial charge on any atom is 0.347 e. The van der Waals surface area contributed by atoms with Gasteiger partial charge in [0.25, 0.3) is 0 Å². The standard InChI is InChI=1S/C8H9NO3S/c1-4-2-5-6(3-12-4)9-13-7(5)8(10)11/h4H,2-3H2,1H3,(H,10,11). The lowest BCUT2D eigenvalue weighted by Gasteiger charge is -2.18. The van der Waals surface area contributed by atoms with Crippen molar-refractivity contribution < 1.29 is 14.6 Å². The second-order valence-corrected chi connectivity index (χ2v) is 3.84. The van der Waals surface area contributed by atoms with Gasteiger partial charge in [0.1, 0.15) is 4.88 Å². The number of carboxylic acid groups (broad SMARTS) is 1. The lowest BCUT2D eigenvalue weighted by Crippen LogP contribution is -2.19. The summed E-state index contributed by atoms with van der Waals surface area (Å²) in [6.07, 6.45) is 0.759. The van der Waals surface area contributed by atoms with Crippen LogP contribution in [-0.4, -0.2) is 21.6 Å². The van der Waals surface area contributed by atoms with E-state index < -0.39 is 5.97 Å². The second kappa shape index (κ2) is 3.08. The summed E-state index contributed by atoms with van der Waals surface area (Å²) < 4.78 is 9.40. The number of hydrogen-bond donors (Lipinski definition) is 1. The van der Waals surface area contributed by atoms with E-state index in [1.807, 2.05) is 6.92 Å². The zero-order valence-corrected chi connectivity index (χ0v) is 7.93. The molecule has 1 aliphatic heterocycles. The number of carboxylic acids is 1. The Kier molecular flexibility index (Phi) is 2.05. The summed E-state index contributed by atoms with van der Waals surface area (Å²) in [4.78, 5) is 11.1. The van der Waals surface area contributed by atoms with Gasteiger partial charge in [0.15, 0.2) is 0 Å². The Morgan fingerprint density at radius 2 is 2.54 bits per heavy atom. The summed E-state index contributed by atoms with van der Waals surface area (Å²) >= 11 is 1.05. The van der Waals surface area contributed by atoms with E-state index in [0.717, 1.165) is 22.8 Å². The minimum absolute atomic E-state index is 0.0991. The number of rotatable bonds is 1. The van der Waals surface area contributed by atoms with Crippen LogP contribution in [-0.2, 0) is 17.8 Å². The molecule has 0 saturated heterocycles. The number of carbonyl (C=O) groups is 1. The molecule has 2 rings (SSSR count). The molecule has 0 aromatic carbocycles. The number of nitrogens with zero attached hydrogens (tertiary/aromatic N) is 1. The van der Waals surface area contributed by atoms with E-state index in [0.29, 0.717) is 17.9 Å². The fourth-order valence-electron chi connectivity index (χ4n) is 1.40. The Labute approximate surface area is 79.3 Å². The summed E-state index contributed by atoms with van der Waals surface area (Å²) in [5.74, 6) is -0.882. The van der Waals surface area contributed by atoms with Crippen molar-refractivity contribution in [2.75, 3.05) is 0 Å². The Bertz CT molecular complexity index is 347. The smallest absolute Gasteiger partial charge is 0.347 e. The van der Waals surface area contributed by atoms with Gasteiger partial charge < -0.3 is 9.84 Å². The Morgan fingerprint density at radius 1 is 1.77 bits per heavy atom. The zero-order valence-electron chi connectivity index (χ0n) is 7.11. The molecule has 1 unspecified atom stereocenters. The van der Waals surface area contributed by atoms with E-state index in [-0.39, 0.29) is 6.10 Å². The van der Waals surface area contributed by atoms with Crippen molar-refractivity contribution in [2.24, 2.45) is 0 Å². The van der Waals surface area contributed by atoms with Crippen LogP contribution in [0.5, 0.6) is 0 Å². The Balaban J connectivity index is 2.41. The van der Waals surface area contributed by atoms with Crippen molar-refractivity contribution in [2.45, 2.75) is 26.1 Å². The van der Waals surface area contributed by atoms with Crippen LogP contribution in [0.1, 0.15) is 27.9 Å². The molecule has 13 heavy (non-hydrogen) atoms. The van der Waals surface area contributed by atoms with Crippen molar-refractivity contribution in [1.29, 1.82) is 0 Å². The summed E-state index contributed by atoms with van der Waals surface area (Å²) in [6.45, 7) is 2.38. The monoisotopic (exact) mass is 199 g/mol. The van der Waals surface area contributed by atoms with E-state index in [1.54, 1.807) is 0 Å². The van der Waals surface area contributed by atoms with Crippen LogP contribution < -0.4 is 0 Å². The average Bonchev–Trinajstić information content (AvgIpc) is 2.46. The third-order valence-electron chi connectivity index (χ3n) is 2.06. The van der Waals surface area contributed by atoms with Crippen LogP contribution in [0.25, 0.3) is 0 Å². The summed E-state index contributed by atoms with van der Waals surface area (Å²) in [5.41, 5.74) is 1.65. The van der Waals surface area contributed by atoms with E-state index in [2.05, 4.69) is 4.37 Å². The van der Waals surface area contributed by atoms with Crippen LogP contribution >= 0.6 is 11.5 Å². The normalized spacial score (nSPS) is 21.2. The van der Waals surface area contributed by atoms with Gasteiger partial charge in [-0.25, -0.2) is 4.79 Å². The van der Waals surface area contributed by atoms with Crippen LogP contribution in [0.2, 0.25) is 0 Å². The highest BCUT2D eigenvalue weighted by atomic mass is 32.1. The fraction of sp³-hybridized carbons (Fsp3) is 0.500. The zero-order chi connectivity index (χ0) is 9.42. The number of hydrogen-bond acceptors (Lipinski definition) is 4. The maximum absolute atomic E-state index is 10.8. The number of aromatic carboxylic acids is 1. The number of aromatic nitrogens is 1. The van der Waals surface area contributed by atoms with Gasteiger partial charge in [-0.2, -0.15) is 4.37 Å². The van der Waals surface area contributed by atoms with Crippen LogP contribution in [0.3, 0.4) is 0 Å². The lowest BCUT2D eigenvalue weighted by molar-refractivity contribution is 0.0388. The first-order valence-corrected chi connectivity index (χ1v) is 4.78. The molecule has 70 valence electrons. The van der Waals surface area contributed by atoms with Crippen LogP contribution in [0.15, 0.2) is 0 Å². The predicted molar refractivity (Wildman–Crippen MR) is 47.0 cm³/mol. The van der Waals surface area contributed by atoms with Crippen LogP contribution in [0, 0.1) is 0 Å². The molecule has 0 saturated carbocycles. The molecule has 0 spiro atoms. The highest BCUT2D eigenvalue weighted by Gasteiger charge is 2.24. The topological polar surface area (TPSA) is 59.4 Å². The third-order valence-corrected chi connectivity index (χ3v) is 2.98. The molecular formula is C8H9NO3S. The summed E-state index contributed by atoms with van der Waals surface area (Å²) in [6, 6.07) is 0. The first kappa shape index (κ1) is 8.65.